The minimum absolute atomic E-state index is 0.0940. The molecule has 0 fully saturated rings. The summed E-state index contributed by atoms with van der Waals surface area (Å²) in [7, 11) is 0. The van der Waals surface area contributed by atoms with Gasteiger partial charge in [-0.05, 0) is 6.92 Å². The lowest BCUT2D eigenvalue weighted by Crippen LogP contribution is -2.29. The second-order valence-electron chi connectivity index (χ2n) is 4.07. The van der Waals surface area contributed by atoms with Crippen molar-refractivity contribution in [2.75, 3.05) is 18.4 Å². The third-order valence-corrected chi connectivity index (χ3v) is 2.72. The molecule has 2 N–H and O–H groups in total. The van der Waals surface area contributed by atoms with Crippen molar-refractivity contribution < 1.29 is 4.79 Å². The van der Waals surface area contributed by atoms with E-state index in [1.54, 1.807) is 6.07 Å². The summed E-state index contributed by atoms with van der Waals surface area (Å²) in [5.41, 5.74) is 0.871. The van der Waals surface area contributed by atoms with E-state index < -0.39 is 0 Å². The molecule has 0 saturated carbocycles. The number of nitrogens with one attached hydrogen (secondary N) is 2. The van der Waals surface area contributed by atoms with Gasteiger partial charge in [0.25, 0.3) is 0 Å². The highest BCUT2D eigenvalue weighted by Gasteiger charge is 2.06. The highest BCUT2D eigenvalue weighted by Crippen LogP contribution is 2.19. The van der Waals surface area contributed by atoms with Gasteiger partial charge in [-0.2, -0.15) is 0 Å². The predicted molar refractivity (Wildman–Crippen MR) is 79.7 cm³/mol. The summed E-state index contributed by atoms with van der Waals surface area (Å²) in [4.78, 5) is 19.9. The molecule has 6 heteroatoms. The van der Waals surface area contributed by atoms with Crippen molar-refractivity contribution in [3.63, 3.8) is 0 Å². The first-order valence-corrected chi connectivity index (χ1v) is 6.67. The van der Waals surface area contributed by atoms with Crippen molar-refractivity contribution in [2.24, 2.45) is 0 Å². The lowest BCUT2D eigenvalue weighted by atomic mass is 10.2. The number of rotatable bonds is 5. The Labute approximate surface area is 122 Å². The summed E-state index contributed by atoms with van der Waals surface area (Å²) in [6.07, 6.45) is 0. The molecule has 2 rings (SSSR count). The standard InChI is InChI=1S/C14H15ClN4O/c1-2-16-13(20)9-17-12-8-11(15)18-14(19-12)10-6-4-3-5-7-10/h3-8H,2,9H2,1H3,(H,16,20)(H,17,18,19). The normalized spacial score (nSPS) is 10.1. The van der Waals surface area contributed by atoms with Crippen LogP contribution in [0, 0.1) is 0 Å². The Morgan fingerprint density at radius 1 is 1.25 bits per heavy atom. The Balaban J connectivity index is 2.15. The number of aromatic nitrogens is 2. The van der Waals surface area contributed by atoms with E-state index in [-0.39, 0.29) is 12.5 Å². The van der Waals surface area contributed by atoms with E-state index in [9.17, 15) is 4.79 Å². The van der Waals surface area contributed by atoms with Crippen LogP contribution in [0.15, 0.2) is 36.4 Å². The zero-order valence-corrected chi connectivity index (χ0v) is 11.8. The Kier molecular flexibility index (Phi) is 4.90. The van der Waals surface area contributed by atoms with Crippen molar-refractivity contribution in [3.05, 3.63) is 41.6 Å². The van der Waals surface area contributed by atoms with E-state index in [0.29, 0.717) is 23.3 Å². The van der Waals surface area contributed by atoms with E-state index in [1.807, 2.05) is 37.3 Å². The van der Waals surface area contributed by atoms with E-state index in [4.69, 9.17) is 11.6 Å². The number of hydrogen-bond donors (Lipinski definition) is 2. The molecule has 0 spiro atoms. The first-order valence-electron chi connectivity index (χ1n) is 6.29. The molecule has 0 atom stereocenters. The molecule has 1 aromatic carbocycles. The van der Waals surface area contributed by atoms with Gasteiger partial charge < -0.3 is 10.6 Å². The molecular weight excluding hydrogens is 276 g/mol. The molecule has 2 aromatic rings. The molecule has 20 heavy (non-hydrogen) atoms. The minimum atomic E-state index is -0.0940. The van der Waals surface area contributed by atoms with E-state index in [2.05, 4.69) is 20.6 Å². The SMILES string of the molecule is CCNC(=O)CNc1cc(Cl)nc(-c2ccccc2)n1. The van der Waals surface area contributed by atoms with Gasteiger partial charge in [-0.3, -0.25) is 4.79 Å². The summed E-state index contributed by atoms with van der Waals surface area (Å²) < 4.78 is 0. The molecule has 1 aromatic heterocycles. The van der Waals surface area contributed by atoms with E-state index in [1.165, 1.54) is 0 Å². The summed E-state index contributed by atoms with van der Waals surface area (Å²) in [6, 6.07) is 11.1. The number of halogens is 1. The zero-order chi connectivity index (χ0) is 14.4. The van der Waals surface area contributed by atoms with Gasteiger partial charge in [-0.1, -0.05) is 41.9 Å². The van der Waals surface area contributed by atoms with Gasteiger partial charge in [0.2, 0.25) is 5.91 Å². The van der Waals surface area contributed by atoms with E-state index >= 15 is 0 Å². The second kappa shape index (κ2) is 6.86. The first kappa shape index (κ1) is 14.3. The molecule has 104 valence electrons. The fourth-order valence-corrected chi connectivity index (χ4v) is 1.84. The summed E-state index contributed by atoms with van der Waals surface area (Å²) in [6.45, 7) is 2.61. The van der Waals surface area contributed by atoms with Gasteiger partial charge in [0, 0.05) is 18.2 Å². The molecule has 5 nitrogen and oxygen atoms in total. The van der Waals surface area contributed by atoms with Gasteiger partial charge in [0.05, 0.1) is 6.54 Å². The molecule has 1 heterocycles. The van der Waals surface area contributed by atoms with Crippen LogP contribution in [0.3, 0.4) is 0 Å². The topological polar surface area (TPSA) is 66.9 Å². The molecule has 0 radical (unpaired) electrons. The average molecular weight is 291 g/mol. The van der Waals surface area contributed by atoms with Gasteiger partial charge in [0.15, 0.2) is 5.82 Å². The predicted octanol–water partition coefficient (Wildman–Crippen LogP) is 2.34. The van der Waals surface area contributed by atoms with Crippen molar-refractivity contribution in [3.8, 4) is 11.4 Å². The highest BCUT2D eigenvalue weighted by atomic mass is 35.5. The summed E-state index contributed by atoms with van der Waals surface area (Å²) in [5, 5.41) is 5.96. The van der Waals surface area contributed by atoms with Crippen molar-refractivity contribution in [2.45, 2.75) is 6.92 Å². The molecule has 1 amide bonds. The van der Waals surface area contributed by atoms with Crippen LogP contribution in [0.4, 0.5) is 5.82 Å². The highest BCUT2D eigenvalue weighted by molar-refractivity contribution is 6.29. The van der Waals surface area contributed by atoms with Crippen LogP contribution in [-0.2, 0) is 4.79 Å². The number of likely N-dealkylation sites (N-methyl/N-ethyl adjacent to an activating group) is 1. The quantitative estimate of drug-likeness (QED) is 0.830. The monoisotopic (exact) mass is 290 g/mol. The maximum atomic E-state index is 11.4. The fourth-order valence-electron chi connectivity index (χ4n) is 1.66. The Hall–Kier alpha value is -2.14. The summed E-state index contributed by atoms with van der Waals surface area (Å²) in [5.74, 6) is 0.954. The number of anilines is 1. The smallest absolute Gasteiger partial charge is 0.239 e. The van der Waals surface area contributed by atoms with Crippen LogP contribution >= 0.6 is 11.6 Å². The molecule has 0 aliphatic carbocycles. The van der Waals surface area contributed by atoms with Crippen LogP contribution in [0.25, 0.3) is 11.4 Å². The molecule has 0 aliphatic rings. The minimum Gasteiger partial charge on any atom is -0.361 e. The number of nitrogens with zero attached hydrogens (tertiary/aromatic N) is 2. The number of carbonyl (C=O) groups excluding carboxylic acids is 1. The van der Waals surface area contributed by atoms with Crippen LogP contribution in [0.1, 0.15) is 6.92 Å². The molecule has 0 saturated heterocycles. The Morgan fingerprint density at radius 2 is 2.00 bits per heavy atom. The van der Waals surface area contributed by atoms with E-state index in [0.717, 1.165) is 5.56 Å². The molecule has 0 unspecified atom stereocenters. The third-order valence-electron chi connectivity index (χ3n) is 2.53. The van der Waals surface area contributed by atoms with Crippen LogP contribution in [0.5, 0.6) is 0 Å². The Morgan fingerprint density at radius 3 is 2.70 bits per heavy atom. The third kappa shape index (κ3) is 3.93. The van der Waals surface area contributed by atoms with Gasteiger partial charge in [0.1, 0.15) is 11.0 Å². The van der Waals surface area contributed by atoms with Gasteiger partial charge in [-0.15, -0.1) is 0 Å². The average Bonchev–Trinajstić information content (AvgIpc) is 2.46. The Bertz CT molecular complexity index is 589. The second-order valence-corrected chi connectivity index (χ2v) is 4.46. The lowest BCUT2D eigenvalue weighted by molar-refractivity contribution is -0.119. The van der Waals surface area contributed by atoms with Crippen LogP contribution in [0.2, 0.25) is 5.15 Å². The number of hydrogen-bond acceptors (Lipinski definition) is 4. The van der Waals surface area contributed by atoms with Crippen LogP contribution in [-0.4, -0.2) is 29.0 Å². The van der Waals surface area contributed by atoms with Crippen molar-refractivity contribution >= 4 is 23.3 Å². The van der Waals surface area contributed by atoms with Crippen LogP contribution < -0.4 is 10.6 Å². The maximum Gasteiger partial charge on any atom is 0.239 e. The number of carbonyl (C=O) groups is 1. The number of benzene rings is 1. The fraction of sp³-hybridized carbons (Fsp3) is 0.214. The maximum absolute atomic E-state index is 11.4. The molecule has 0 bridgehead atoms. The first-order chi connectivity index (χ1) is 9.69. The summed E-state index contributed by atoms with van der Waals surface area (Å²) >= 11 is 5.98. The zero-order valence-electron chi connectivity index (χ0n) is 11.1. The molecule has 0 aliphatic heterocycles. The number of amides is 1. The van der Waals surface area contributed by atoms with Gasteiger partial charge in [-0.25, -0.2) is 9.97 Å². The largest absolute Gasteiger partial charge is 0.361 e. The van der Waals surface area contributed by atoms with Crippen molar-refractivity contribution in [1.82, 2.24) is 15.3 Å². The lowest BCUT2D eigenvalue weighted by Gasteiger charge is -2.08. The van der Waals surface area contributed by atoms with Gasteiger partial charge >= 0.3 is 0 Å². The van der Waals surface area contributed by atoms with Crippen molar-refractivity contribution in [1.29, 1.82) is 0 Å². The molecular formula is C14H15ClN4O.